The van der Waals surface area contributed by atoms with Crippen LogP contribution in [0.5, 0.6) is 0 Å². The molecule has 0 bridgehead atoms. The summed E-state index contributed by atoms with van der Waals surface area (Å²) in [7, 11) is 1.51. The van der Waals surface area contributed by atoms with Gasteiger partial charge in [0, 0.05) is 19.0 Å². The second kappa shape index (κ2) is 7.49. The molecule has 0 radical (unpaired) electrons. The van der Waals surface area contributed by atoms with Gasteiger partial charge in [0.2, 0.25) is 5.91 Å². The number of hydrogen-bond donors (Lipinski definition) is 2. The number of aromatic nitrogens is 1. The van der Waals surface area contributed by atoms with Crippen LogP contribution in [0, 0.1) is 0 Å². The Morgan fingerprint density at radius 1 is 1.55 bits per heavy atom. The lowest BCUT2D eigenvalue weighted by atomic mass is 10.3. The Labute approximate surface area is 125 Å². The average Bonchev–Trinajstić information content (AvgIpc) is 3.07. The van der Waals surface area contributed by atoms with Crippen molar-refractivity contribution in [2.24, 2.45) is 0 Å². The molecule has 5 nitrogen and oxygen atoms in total. The molecule has 2 aromatic heterocycles. The van der Waals surface area contributed by atoms with Gasteiger partial charge < -0.3 is 15.2 Å². The average molecular weight is 312 g/mol. The van der Waals surface area contributed by atoms with Crippen molar-refractivity contribution in [3.8, 4) is 9.88 Å². The predicted octanol–water partition coefficient (Wildman–Crippen LogP) is 1.54. The molecule has 1 unspecified atom stereocenters. The van der Waals surface area contributed by atoms with Crippen molar-refractivity contribution >= 4 is 28.6 Å². The SMILES string of the molecule is COCC(O)CNC(=O)Cc1csc(-c2cccs2)n1. The summed E-state index contributed by atoms with van der Waals surface area (Å²) in [5.41, 5.74) is 0.747. The zero-order valence-electron chi connectivity index (χ0n) is 11.0. The van der Waals surface area contributed by atoms with Gasteiger partial charge in [-0.15, -0.1) is 22.7 Å². The van der Waals surface area contributed by atoms with E-state index in [0.29, 0.717) is 0 Å². The standard InChI is InChI=1S/C13H16N2O3S2/c1-18-7-10(16)6-14-12(17)5-9-8-20-13(15-9)11-3-2-4-19-11/h2-4,8,10,16H,5-7H2,1H3,(H,14,17). The molecule has 0 fully saturated rings. The summed E-state index contributed by atoms with van der Waals surface area (Å²) < 4.78 is 4.79. The minimum absolute atomic E-state index is 0.150. The third-order valence-electron chi connectivity index (χ3n) is 2.52. The second-order valence-electron chi connectivity index (χ2n) is 4.21. The summed E-state index contributed by atoms with van der Waals surface area (Å²) in [6.07, 6.45) is -0.456. The molecule has 2 N–H and O–H groups in total. The lowest BCUT2D eigenvalue weighted by Crippen LogP contribution is -2.35. The number of methoxy groups -OCH3 is 1. The number of aliphatic hydroxyl groups is 1. The fraction of sp³-hybridized carbons (Fsp3) is 0.385. The topological polar surface area (TPSA) is 71.5 Å². The molecule has 0 saturated heterocycles. The molecule has 0 spiro atoms. The van der Waals surface area contributed by atoms with Crippen LogP contribution < -0.4 is 5.32 Å². The van der Waals surface area contributed by atoms with Gasteiger partial charge in [0.15, 0.2) is 0 Å². The number of hydrogen-bond acceptors (Lipinski definition) is 6. The largest absolute Gasteiger partial charge is 0.389 e. The fourth-order valence-corrected chi connectivity index (χ4v) is 3.25. The van der Waals surface area contributed by atoms with Gasteiger partial charge >= 0.3 is 0 Å². The van der Waals surface area contributed by atoms with Crippen molar-refractivity contribution < 1.29 is 14.6 Å². The van der Waals surface area contributed by atoms with Crippen LogP contribution in [-0.4, -0.2) is 42.4 Å². The van der Waals surface area contributed by atoms with E-state index in [9.17, 15) is 9.90 Å². The molecular formula is C13H16N2O3S2. The highest BCUT2D eigenvalue weighted by Gasteiger charge is 2.11. The zero-order chi connectivity index (χ0) is 14.4. The van der Waals surface area contributed by atoms with Gasteiger partial charge in [-0.2, -0.15) is 0 Å². The number of rotatable bonds is 7. The van der Waals surface area contributed by atoms with Crippen LogP contribution in [0.1, 0.15) is 5.69 Å². The Balaban J connectivity index is 1.83. The van der Waals surface area contributed by atoms with Gasteiger partial charge in [0.05, 0.1) is 29.7 Å². The number of ether oxygens (including phenoxy) is 1. The Hall–Kier alpha value is -1.28. The molecule has 108 valence electrons. The molecule has 0 aliphatic carbocycles. The van der Waals surface area contributed by atoms with E-state index in [1.807, 2.05) is 22.9 Å². The quantitative estimate of drug-likeness (QED) is 0.813. The molecule has 2 rings (SSSR count). The molecule has 0 aliphatic rings. The molecular weight excluding hydrogens is 296 g/mol. The van der Waals surface area contributed by atoms with E-state index < -0.39 is 6.10 Å². The number of amides is 1. The summed E-state index contributed by atoms with van der Waals surface area (Å²) in [5, 5.41) is 16.9. The van der Waals surface area contributed by atoms with Crippen molar-refractivity contribution in [3.05, 3.63) is 28.6 Å². The van der Waals surface area contributed by atoms with Crippen LogP contribution in [0.15, 0.2) is 22.9 Å². The first kappa shape index (κ1) is 15.1. The van der Waals surface area contributed by atoms with Gasteiger partial charge in [-0.1, -0.05) is 6.07 Å². The summed E-state index contributed by atoms with van der Waals surface area (Å²) in [4.78, 5) is 17.3. The Morgan fingerprint density at radius 3 is 3.10 bits per heavy atom. The molecule has 20 heavy (non-hydrogen) atoms. The first-order valence-corrected chi connectivity index (χ1v) is 7.87. The summed E-state index contributed by atoms with van der Waals surface area (Å²) in [5.74, 6) is -0.150. The molecule has 0 aromatic carbocycles. The van der Waals surface area contributed by atoms with E-state index in [4.69, 9.17) is 4.74 Å². The highest BCUT2D eigenvalue weighted by molar-refractivity contribution is 7.20. The summed E-state index contributed by atoms with van der Waals surface area (Å²) in [6.45, 7) is 0.397. The first-order chi connectivity index (χ1) is 9.69. The lowest BCUT2D eigenvalue weighted by molar-refractivity contribution is -0.121. The third kappa shape index (κ3) is 4.38. The van der Waals surface area contributed by atoms with Gasteiger partial charge in [-0.05, 0) is 11.4 Å². The van der Waals surface area contributed by atoms with Crippen LogP contribution in [0.2, 0.25) is 0 Å². The summed E-state index contributed by atoms with van der Waals surface area (Å²) >= 11 is 3.16. The first-order valence-electron chi connectivity index (χ1n) is 6.11. The van der Waals surface area contributed by atoms with Crippen LogP contribution in [0.4, 0.5) is 0 Å². The lowest BCUT2D eigenvalue weighted by Gasteiger charge is -2.10. The number of aliphatic hydroxyl groups excluding tert-OH is 1. The number of thiophene rings is 1. The number of thiazole rings is 1. The number of carbonyl (C=O) groups is 1. The smallest absolute Gasteiger partial charge is 0.226 e. The van der Waals surface area contributed by atoms with Crippen LogP contribution >= 0.6 is 22.7 Å². The van der Waals surface area contributed by atoms with E-state index in [2.05, 4.69) is 10.3 Å². The summed E-state index contributed by atoms with van der Waals surface area (Å²) in [6, 6.07) is 3.99. The van der Waals surface area contributed by atoms with Crippen molar-refractivity contribution in [2.75, 3.05) is 20.3 Å². The van der Waals surface area contributed by atoms with E-state index in [1.54, 1.807) is 11.3 Å². The molecule has 2 heterocycles. The monoisotopic (exact) mass is 312 g/mol. The molecule has 0 aliphatic heterocycles. The van der Waals surface area contributed by atoms with Crippen molar-refractivity contribution in [3.63, 3.8) is 0 Å². The Morgan fingerprint density at radius 2 is 2.40 bits per heavy atom. The predicted molar refractivity (Wildman–Crippen MR) is 80.0 cm³/mol. The van der Waals surface area contributed by atoms with E-state index in [1.165, 1.54) is 18.4 Å². The van der Waals surface area contributed by atoms with Gasteiger partial charge in [0.1, 0.15) is 5.01 Å². The molecule has 1 atom stereocenters. The molecule has 1 amide bonds. The van der Waals surface area contributed by atoms with Gasteiger partial charge in [-0.3, -0.25) is 4.79 Å². The number of carbonyl (C=O) groups excluding carboxylic acids is 1. The van der Waals surface area contributed by atoms with E-state index in [-0.39, 0.29) is 25.5 Å². The van der Waals surface area contributed by atoms with Crippen molar-refractivity contribution in [1.29, 1.82) is 0 Å². The highest BCUT2D eigenvalue weighted by atomic mass is 32.1. The normalized spacial score (nSPS) is 12.3. The minimum atomic E-state index is -0.680. The fourth-order valence-electron chi connectivity index (χ4n) is 1.61. The maximum absolute atomic E-state index is 11.7. The van der Waals surface area contributed by atoms with Crippen molar-refractivity contribution in [1.82, 2.24) is 10.3 Å². The maximum atomic E-state index is 11.7. The second-order valence-corrected chi connectivity index (χ2v) is 6.02. The molecule has 2 aromatic rings. The number of nitrogens with zero attached hydrogens (tertiary/aromatic N) is 1. The molecule has 0 saturated carbocycles. The van der Waals surface area contributed by atoms with Crippen LogP contribution in [0.3, 0.4) is 0 Å². The Kier molecular flexibility index (Phi) is 5.66. The minimum Gasteiger partial charge on any atom is -0.389 e. The zero-order valence-corrected chi connectivity index (χ0v) is 12.7. The third-order valence-corrected chi connectivity index (χ3v) is 4.45. The molecule has 7 heteroatoms. The van der Waals surface area contributed by atoms with Crippen LogP contribution in [-0.2, 0) is 16.0 Å². The number of nitrogens with one attached hydrogen (secondary N) is 1. The highest BCUT2D eigenvalue weighted by Crippen LogP contribution is 2.27. The van der Waals surface area contributed by atoms with E-state index >= 15 is 0 Å². The van der Waals surface area contributed by atoms with Gasteiger partial charge in [-0.25, -0.2) is 4.98 Å². The van der Waals surface area contributed by atoms with Gasteiger partial charge in [0.25, 0.3) is 0 Å². The van der Waals surface area contributed by atoms with Crippen LogP contribution in [0.25, 0.3) is 9.88 Å². The maximum Gasteiger partial charge on any atom is 0.226 e. The van der Waals surface area contributed by atoms with Crippen molar-refractivity contribution in [2.45, 2.75) is 12.5 Å². The van der Waals surface area contributed by atoms with E-state index in [0.717, 1.165) is 15.6 Å². The Bertz CT molecular complexity index is 540.